The van der Waals surface area contributed by atoms with Crippen molar-refractivity contribution in [2.75, 3.05) is 39.3 Å². The Morgan fingerprint density at radius 3 is 2.25 bits per heavy atom. The SMILES string of the molecule is O=C(NCCN1CCN(C(=O)c2ccccc2)CC1)c1ccc(F)c(F)c1F. The number of hydrogen-bond donors (Lipinski definition) is 1. The van der Waals surface area contributed by atoms with Gasteiger partial charge in [-0.15, -0.1) is 0 Å². The fourth-order valence-electron chi connectivity index (χ4n) is 3.06. The topological polar surface area (TPSA) is 52.7 Å². The number of carbonyl (C=O) groups is 2. The Morgan fingerprint density at radius 2 is 1.57 bits per heavy atom. The molecule has 0 radical (unpaired) electrons. The molecule has 8 heteroatoms. The van der Waals surface area contributed by atoms with Crippen molar-refractivity contribution in [3.63, 3.8) is 0 Å². The number of amides is 2. The zero-order valence-electron chi connectivity index (χ0n) is 15.1. The number of carbonyl (C=O) groups excluding carboxylic acids is 2. The first-order chi connectivity index (χ1) is 13.5. The maximum absolute atomic E-state index is 13.6. The Hall–Kier alpha value is -2.87. The number of nitrogens with one attached hydrogen (secondary N) is 1. The first-order valence-electron chi connectivity index (χ1n) is 8.95. The van der Waals surface area contributed by atoms with Crippen molar-refractivity contribution in [2.45, 2.75) is 0 Å². The largest absolute Gasteiger partial charge is 0.351 e. The predicted octanol–water partition coefficient (Wildman–Crippen LogP) is 2.29. The Morgan fingerprint density at radius 1 is 0.893 bits per heavy atom. The number of benzene rings is 2. The first kappa shape index (κ1) is 19.9. The van der Waals surface area contributed by atoms with E-state index < -0.39 is 28.9 Å². The fraction of sp³-hybridized carbons (Fsp3) is 0.300. The van der Waals surface area contributed by atoms with E-state index >= 15 is 0 Å². The van der Waals surface area contributed by atoms with E-state index in [1.807, 2.05) is 18.2 Å². The average Bonchev–Trinajstić information content (AvgIpc) is 2.72. The van der Waals surface area contributed by atoms with E-state index in [2.05, 4.69) is 10.2 Å². The van der Waals surface area contributed by atoms with Crippen LogP contribution in [-0.2, 0) is 0 Å². The lowest BCUT2D eigenvalue weighted by atomic mass is 10.2. The highest BCUT2D eigenvalue weighted by atomic mass is 19.2. The van der Waals surface area contributed by atoms with Crippen molar-refractivity contribution in [3.05, 3.63) is 71.0 Å². The molecule has 1 aliphatic rings. The molecule has 2 aromatic rings. The minimum atomic E-state index is -1.66. The molecule has 0 unspecified atom stereocenters. The predicted molar refractivity (Wildman–Crippen MR) is 97.4 cm³/mol. The molecule has 1 N–H and O–H groups in total. The Balaban J connectivity index is 1.44. The van der Waals surface area contributed by atoms with Crippen molar-refractivity contribution in [1.29, 1.82) is 0 Å². The van der Waals surface area contributed by atoms with Gasteiger partial charge >= 0.3 is 0 Å². The average molecular weight is 391 g/mol. The molecule has 3 rings (SSSR count). The smallest absolute Gasteiger partial charge is 0.254 e. The molecule has 28 heavy (non-hydrogen) atoms. The summed E-state index contributed by atoms with van der Waals surface area (Å²) in [6.07, 6.45) is 0. The number of piperazine rings is 1. The van der Waals surface area contributed by atoms with Gasteiger partial charge in [0.1, 0.15) is 0 Å². The highest BCUT2D eigenvalue weighted by molar-refractivity contribution is 5.94. The molecular formula is C20H20F3N3O2. The Kier molecular flexibility index (Phi) is 6.30. The molecule has 0 bridgehead atoms. The quantitative estimate of drug-likeness (QED) is 0.796. The van der Waals surface area contributed by atoms with Crippen LogP contribution in [-0.4, -0.2) is 60.9 Å². The molecule has 5 nitrogen and oxygen atoms in total. The summed E-state index contributed by atoms with van der Waals surface area (Å²) >= 11 is 0. The first-order valence-corrected chi connectivity index (χ1v) is 8.95. The van der Waals surface area contributed by atoms with Gasteiger partial charge < -0.3 is 10.2 Å². The van der Waals surface area contributed by atoms with Crippen LogP contribution in [0.25, 0.3) is 0 Å². The second-order valence-corrected chi connectivity index (χ2v) is 6.48. The summed E-state index contributed by atoms with van der Waals surface area (Å²) in [6, 6.07) is 10.7. The number of nitrogens with zero attached hydrogens (tertiary/aromatic N) is 2. The van der Waals surface area contributed by atoms with E-state index in [0.29, 0.717) is 38.3 Å². The number of rotatable bonds is 5. The van der Waals surface area contributed by atoms with Crippen LogP contribution in [0.3, 0.4) is 0 Å². The maximum atomic E-state index is 13.6. The molecule has 0 aliphatic carbocycles. The molecule has 1 aliphatic heterocycles. The zero-order valence-corrected chi connectivity index (χ0v) is 15.1. The lowest BCUT2D eigenvalue weighted by Gasteiger charge is -2.34. The summed E-state index contributed by atoms with van der Waals surface area (Å²) in [5.74, 6) is -5.30. The summed E-state index contributed by atoms with van der Waals surface area (Å²) < 4.78 is 39.8. The van der Waals surface area contributed by atoms with Crippen molar-refractivity contribution >= 4 is 11.8 Å². The van der Waals surface area contributed by atoms with E-state index in [4.69, 9.17) is 0 Å². The standard InChI is InChI=1S/C20H20F3N3O2/c21-16-7-6-15(17(22)18(16)23)19(27)24-8-9-25-10-12-26(13-11-25)20(28)14-4-2-1-3-5-14/h1-7H,8-13H2,(H,24,27). The van der Waals surface area contributed by atoms with E-state index in [0.717, 1.165) is 12.1 Å². The highest BCUT2D eigenvalue weighted by Crippen LogP contribution is 2.15. The van der Waals surface area contributed by atoms with Gasteiger partial charge in [0.2, 0.25) is 0 Å². The van der Waals surface area contributed by atoms with Gasteiger partial charge in [-0.05, 0) is 24.3 Å². The molecule has 0 atom stereocenters. The van der Waals surface area contributed by atoms with Crippen molar-refractivity contribution < 1.29 is 22.8 Å². The van der Waals surface area contributed by atoms with Gasteiger partial charge in [-0.1, -0.05) is 18.2 Å². The lowest BCUT2D eigenvalue weighted by Crippen LogP contribution is -2.50. The monoisotopic (exact) mass is 391 g/mol. The number of halogens is 3. The molecular weight excluding hydrogens is 371 g/mol. The molecule has 0 spiro atoms. The third-order valence-electron chi connectivity index (χ3n) is 4.67. The molecule has 0 saturated carbocycles. The van der Waals surface area contributed by atoms with Gasteiger partial charge in [0.25, 0.3) is 11.8 Å². The van der Waals surface area contributed by atoms with Gasteiger partial charge in [-0.3, -0.25) is 14.5 Å². The van der Waals surface area contributed by atoms with Gasteiger partial charge in [0.15, 0.2) is 17.5 Å². The number of hydrogen-bond acceptors (Lipinski definition) is 3. The van der Waals surface area contributed by atoms with Crippen molar-refractivity contribution in [1.82, 2.24) is 15.1 Å². The minimum absolute atomic E-state index is 0.0117. The Bertz CT molecular complexity index is 853. The summed E-state index contributed by atoms with van der Waals surface area (Å²) in [4.78, 5) is 28.2. The Labute approximate surface area is 160 Å². The highest BCUT2D eigenvalue weighted by Gasteiger charge is 2.22. The maximum Gasteiger partial charge on any atom is 0.254 e. The minimum Gasteiger partial charge on any atom is -0.351 e. The van der Waals surface area contributed by atoms with E-state index in [-0.39, 0.29) is 12.5 Å². The van der Waals surface area contributed by atoms with E-state index in [1.165, 1.54) is 0 Å². The molecule has 1 heterocycles. The normalized spacial score (nSPS) is 14.8. The molecule has 1 saturated heterocycles. The molecule has 2 amide bonds. The third-order valence-corrected chi connectivity index (χ3v) is 4.67. The fourth-order valence-corrected chi connectivity index (χ4v) is 3.06. The van der Waals surface area contributed by atoms with Crippen LogP contribution in [0.1, 0.15) is 20.7 Å². The summed E-state index contributed by atoms with van der Waals surface area (Å²) in [5.41, 5.74) is 0.119. The van der Waals surface area contributed by atoms with E-state index in [9.17, 15) is 22.8 Å². The second-order valence-electron chi connectivity index (χ2n) is 6.48. The van der Waals surface area contributed by atoms with Crippen LogP contribution in [0, 0.1) is 17.5 Å². The zero-order chi connectivity index (χ0) is 20.1. The second kappa shape index (κ2) is 8.88. The molecule has 148 valence electrons. The molecule has 1 fully saturated rings. The van der Waals surface area contributed by atoms with Crippen LogP contribution in [0.15, 0.2) is 42.5 Å². The summed E-state index contributed by atoms with van der Waals surface area (Å²) in [7, 11) is 0. The third kappa shape index (κ3) is 4.51. The van der Waals surface area contributed by atoms with Gasteiger partial charge in [0.05, 0.1) is 5.56 Å². The molecule has 0 aromatic heterocycles. The van der Waals surface area contributed by atoms with Crippen LogP contribution < -0.4 is 5.32 Å². The summed E-state index contributed by atoms with van der Waals surface area (Å²) in [5, 5.41) is 2.50. The van der Waals surface area contributed by atoms with Crippen LogP contribution in [0.2, 0.25) is 0 Å². The molecule has 2 aromatic carbocycles. The van der Waals surface area contributed by atoms with Gasteiger partial charge in [-0.2, -0.15) is 0 Å². The lowest BCUT2D eigenvalue weighted by molar-refractivity contribution is 0.0638. The van der Waals surface area contributed by atoms with Crippen molar-refractivity contribution in [3.8, 4) is 0 Å². The van der Waals surface area contributed by atoms with Crippen LogP contribution >= 0.6 is 0 Å². The van der Waals surface area contributed by atoms with E-state index in [1.54, 1.807) is 17.0 Å². The van der Waals surface area contributed by atoms with Crippen LogP contribution in [0.4, 0.5) is 13.2 Å². The van der Waals surface area contributed by atoms with Gasteiger partial charge in [-0.25, -0.2) is 13.2 Å². The van der Waals surface area contributed by atoms with Crippen LogP contribution in [0.5, 0.6) is 0 Å². The van der Waals surface area contributed by atoms with Gasteiger partial charge in [0, 0.05) is 44.8 Å². The van der Waals surface area contributed by atoms with Crippen molar-refractivity contribution in [2.24, 2.45) is 0 Å². The summed E-state index contributed by atoms with van der Waals surface area (Å²) in [6.45, 7) is 3.16.